The van der Waals surface area contributed by atoms with Gasteiger partial charge in [-0.1, -0.05) is 48.5 Å². The number of amides is 3. The zero-order chi connectivity index (χ0) is 41.8. The summed E-state index contributed by atoms with van der Waals surface area (Å²) in [5.74, 6) is -0.836. The first-order valence-electron chi connectivity index (χ1n) is 16.9. The van der Waals surface area contributed by atoms with Crippen molar-refractivity contribution in [3.05, 3.63) is 122 Å². The summed E-state index contributed by atoms with van der Waals surface area (Å²) in [4.78, 5) is 53.6. The van der Waals surface area contributed by atoms with Crippen molar-refractivity contribution in [2.75, 3.05) is 13.7 Å². The molecule has 311 valence electrons. The maximum absolute atomic E-state index is 13.9. The Morgan fingerprint density at radius 1 is 0.825 bits per heavy atom. The summed E-state index contributed by atoms with van der Waals surface area (Å²) in [5.41, 5.74) is 0.744. The Labute approximate surface area is 339 Å². The van der Waals surface area contributed by atoms with E-state index in [1.54, 1.807) is 100 Å². The van der Waals surface area contributed by atoms with Crippen molar-refractivity contribution in [1.82, 2.24) is 16.0 Å². The van der Waals surface area contributed by atoms with Gasteiger partial charge in [-0.05, 0) is 101 Å². The van der Waals surface area contributed by atoms with Gasteiger partial charge in [0.25, 0.3) is 0 Å². The first-order chi connectivity index (χ1) is 25.9. The number of ether oxygens (including phenoxy) is 4. The van der Waals surface area contributed by atoms with Gasteiger partial charge in [0, 0.05) is 6.42 Å². The average molecular weight is 915 g/mol. The van der Waals surface area contributed by atoms with Gasteiger partial charge < -0.3 is 34.9 Å². The van der Waals surface area contributed by atoms with Crippen LogP contribution in [0.25, 0.3) is 0 Å². The number of carbonyl (C=O) groups excluding carboxylic acids is 4. The van der Waals surface area contributed by atoms with Crippen LogP contribution in [0.1, 0.15) is 56.5 Å². The Hall–Kier alpha value is -4.43. The number of fused-ring (bicyclic) bond motifs is 9. The van der Waals surface area contributed by atoms with Gasteiger partial charge in [-0.15, -0.1) is 0 Å². The number of hydrogen-bond donors (Lipinski definition) is 3. The van der Waals surface area contributed by atoms with Gasteiger partial charge in [0.15, 0.2) is 17.5 Å². The molecule has 1 fully saturated rings. The second-order valence-electron chi connectivity index (χ2n) is 13.0. The van der Waals surface area contributed by atoms with Gasteiger partial charge in [-0.2, -0.15) is 0 Å². The van der Waals surface area contributed by atoms with Crippen molar-refractivity contribution in [1.29, 1.82) is 0 Å². The third-order valence-electron chi connectivity index (χ3n) is 7.17. The van der Waals surface area contributed by atoms with E-state index in [9.17, 15) is 44.4 Å². The molecule has 5 radical (unpaired) electrons. The predicted molar refractivity (Wildman–Crippen MR) is 196 cm³/mol. The molecule has 1 aliphatic carbocycles. The number of rotatable bonds is 5. The Morgan fingerprint density at radius 2 is 1.39 bits per heavy atom. The number of alkyl carbamates (subject to hydrolysis) is 1. The zero-order valence-corrected chi connectivity index (χ0v) is 33.9. The molecule has 3 aliphatic rings. The summed E-state index contributed by atoms with van der Waals surface area (Å²) in [7, 11) is -9.16. The van der Waals surface area contributed by atoms with E-state index in [2.05, 4.69) is 16.0 Å². The molecule has 3 atom stereocenters. The van der Waals surface area contributed by atoms with E-state index in [0.717, 1.165) is 0 Å². The quantitative estimate of drug-likeness (QED) is 0.0998. The molecule has 11 nitrogen and oxygen atoms in total. The molecule has 0 unspecified atom stereocenters. The van der Waals surface area contributed by atoms with E-state index in [0.29, 0.717) is 33.9 Å². The molecule has 19 heteroatoms. The van der Waals surface area contributed by atoms with Gasteiger partial charge in [0.05, 0.1) is 13.7 Å². The van der Waals surface area contributed by atoms with Crippen LogP contribution in [-0.2, 0) is 49.8 Å². The third kappa shape index (κ3) is 19.0. The molecule has 4 bridgehead atoms. The number of carbonyl (C=O) groups is 4. The van der Waals surface area contributed by atoms with E-state index < -0.39 is 55.4 Å². The van der Waals surface area contributed by atoms with Crippen LogP contribution in [0.5, 0.6) is 17.2 Å². The van der Waals surface area contributed by atoms with Crippen molar-refractivity contribution in [2.45, 2.75) is 57.8 Å². The summed E-state index contributed by atoms with van der Waals surface area (Å²) >= 11 is 0. The third-order valence-corrected chi connectivity index (χ3v) is 7.17. The Kier molecular flexibility index (Phi) is 16.9. The Morgan fingerprint density at radius 3 is 1.89 bits per heavy atom. The Bertz CT molecular complexity index is 1790. The van der Waals surface area contributed by atoms with Gasteiger partial charge in [-0.3, -0.25) is 9.59 Å². The van der Waals surface area contributed by atoms with Crippen molar-refractivity contribution in [2.24, 2.45) is 0 Å². The van der Waals surface area contributed by atoms with Crippen LogP contribution < -0.4 is 25.4 Å². The number of halogens is 6. The Balaban J connectivity index is 0.000000741. The molecular weight excluding hydrogens is 872 g/mol. The molecule has 6 rings (SSSR count). The van der Waals surface area contributed by atoms with Gasteiger partial charge >= 0.3 is 64.5 Å². The number of benzene rings is 3. The summed E-state index contributed by atoms with van der Waals surface area (Å²) in [5, 5.41) is 8.15. The van der Waals surface area contributed by atoms with Crippen molar-refractivity contribution >= 4 is 31.7 Å². The molecule has 2 aliphatic heterocycles. The number of esters is 1. The molecule has 0 aromatic heterocycles. The van der Waals surface area contributed by atoms with Gasteiger partial charge in [-0.25, -0.2) is 9.59 Å². The first kappa shape index (κ1) is 48.7. The maximum atomic E-state index is 13.9. The second kappa shape index (κ2) is 19.8. The minimum atomic E-state index is -10.7. The van der Waals surface area contributed by atoms with E-state index in [4.69, 9.17) is 18.9 Å². The summed E-state index contributed by atoms with van der Waals surface area (Å²) in [6.07, 6.45) is 9.29. The van der Waals surface area contributed by atoms with Crippen LogP contribution in [-0.4, -0.2) is 49.2 Å². The van der Waals surface area contributed by atoms with Crippen LogP contribution in [0, 0.1) is 32.1 Å². The number of hydrogen-bond acceptors (Lipinski definition) is 8. The molecule has 3 amide bonds. The predicted octanol–water partition coefficient (Wildman–Crippen LogP) is 8.92. The standard InChI is InChI=1S/C33H37N3O8.C5H5.F6P.Ru/c1-6-42-31(39)28-22-14-17-25(41-5)26(19-22)43-23-15-12-20(13-16-23)18-24(34-32(40)44-33(2,3)4)29(37)35-27(30(38)36-28)21-10-8-7-9-11-21;1-2-4-5-3-1;1-7(2,3,4,5)6;/h7-17,19,24,27-28H,6,18H2,1-5H3,(H,34,40)(H,35,37)(H,36,38);1-5H;;/q;;-1;+2/t24-,27+,28-;;;/m1.../s1. The summed E-state index contributed by atoms with van der Waals surface area (Å²) in [6.45, 7) is 6.87. The largest absolute Gasteiger partial charge is 2.00 e. The minimum absolute atomic E-state index is 0. The van der Waals surface area contributed by atoms with Crippen molar-refractivity contribution in [3.8, 4) is 17.2 Å². The van der Waals surface area contributed by atoms with Gasteiger partial charge in [0.1, 0.15) is 23.4 Å². The van der Waals surface area contributed by atoms with E-state index in [-0.39, 0.29) is 32.5 Å². The van der Waals surface area contributed by atoms with Crippen LogP contribution in [0.3, 0.4) is 0 Å². The number of nitrogens with one attached hydrogen (secondary N) is 3. The topological polar surface area (TPSA) is 141 Å². The molecule has 3 N–H and O–H groups in total. The fourth-order valence-corrected chi connectivity index (χ4v) is 4.91. The van der Waals surface area contributed by atoms with Crippen LogP contribution in [0.2, 0.25) is 0 Å². The van der Waals surface area contributed by atoms with Crippen LogP contribution in [0.15, 0.2) is 72.8 Å². The van der Waals surface area contributed by atoms with Crippen molar-refractivity contribution < 1.29 is 82.8 Å². The van der Waals surface area contributed by atoms with Crippen LogP contribution in [0.4, 0.5) is 30.0 Å². The molecule has 3 aromatic rings. The molecule has 57 heavy (non-hydrogen) atoms. The number of methoxy groups -OCH3 is 1. The molecule has 1 saturated carbocycles. The zero-order valence-electron chi connectivity index (χ0n) is 31.3. The molecule has 3 aromatic carbocycles. The minimum Gasteiger partial charge on any atom is -0.0312 e. The molecule has 0 saturated heterocycles. The average Bonchev–Trinajstić information content (AvgIpc) is 3.68. The molecular formula is C38H42F6N3O8PRu+. The normalized spacial score (nSPS) is 19.4. The maximum Gasteiger partial charge on any atom is 2.00 e. The molecule has 0 spiro atoms. The first-order valence-corrected chi connectivity index (χ1v) is 18.9. The summed E-state index contributed by atoms with van der Waals surface area (Å²) in [6, 6.07) is 16.8. The van der Waals surface area contributed by atoms with Crippen LogP contribution >= 0.6 is 7.81 Å². The fourth-order valence-electron chi connectivity index (χ4n) is 4.91. The second-order valence-corrected chi connectivity index (χ2v) is 14.9. The smallest absolute Gasteiger partial charge is 0.0312 e. The van der Waals surface area contributed by atoms with Gasteiger partial charge in [0.2, 0.25) is 11.8 Å². The summed E-state index contributed by atoms with van der Waals surface area (Å²) < 4.78 is 81.5. The van der Waals surface area contributed by atoms with Crippen molar-refractivity contribution in [3.63, 3.8) is 0 Å². The van der Waals surface area contributed by atoms with E-state index in [1.807, 2.05) is 32.1 Å². The van der Waals surface area contributed by atoms with E-state index >= 15 is 0 Å². The molecule has 2 heterocycles. The van der Waals surface area contributed by atoms with E-state index in [1.165, 1.54) is 7.11 Å². The monoisotopic (exact) mass is 915 g/mol. The fraction of sp³-hybridized carbons (Fsp3) is 0.289. The SMILES string of the molecule is CCOC(=O)[C@@H]1NC(=O)[C@H](c2ccccc2)NC(=O)[C@H](NC(=O)OC(C)(C)C)Cc2ccc(cc2)Oc2cc1ccc2OC.F[P-](F)(F)(F)(F)F.[CH]1[CH][CH][CH][CH]1.[Ru+2].